The van der Waals surface area contributed by atoms with Crippen LogP contribution in [0, 0.1) is 24.0 Å². The Morgan fingerprint density at radius 3 is 2.15 bits per heavy atom. The number of rotatable bonds is 6. The predicted octanol–water partition coefficient (Wildman–Crippen LogP) is 9.80. The molecule has 6 aromatic rings. The topological polar surface area (TPSA) is 25.8 Å². The monoisotopic (exact) mass is 713 g/mol. The predicted molar refractivity (Wildman–Crippen MR) is 169 cm³/mol. The van der Waals surface area contributed by atoms with Crippen LogP contribution in [0.25, 0.3) is 44.1 Å². The summed E-state index contributed by atoms with van der Waals surface area (Å²) in [5.74, 6) is 1.24. The number of fused-ring (bicyclic) bond motifs is 3. The van der Waals surface area contributed by atoms with Crippen molar-refractivity contribution in [2.75, 3.05) is 0 Å². The van der Waals surface area contributed by atoms with Crippen LogP contribution in [-0.2, 0) is 32.9 Å². The van der Waals surface area contributed by atoms with Gasteiger partial charge in [0, 0.05) is 32.5 Å². The zero-order valence-electron chi connectivity index (χ0n) is 24.2. The second-order valence-electron chi connectivity index (χ2n) is 11.2. The van der Waals surface area contributed by atoms with Gasteiger partial charge in [0.25, 0.3) is 0 Å². The fourth-order valence-electron chi connectivity index (χ4n) is 5.19. The zero-order chi connectivity index (χ0) is 27.9. The second-order valence-corrected chi connectivity index (χ2v) is 11.2. The van der Waals surface area contributed by atoms with Gasteiger partial charge in [0.2, 0.25) is 0 Å². The van der Waals surface area contributed by atoms with E-state index in [0.29, 0.717) is 11.8 Å². The van der Waals surface area contributed by atoms with E-state index in [-0.39, 0.29) is 20.1 Å². The molecule has 4 aromatic carbocycles. The minimum absolute atomic E-state index is 0. The van der Waals surface area contributed by atoms with Crippen LogP contribution in [0.1, 0.15) is 38.8 Å². The average Bonchev–Trinajstić information content (AvgIpc) is 2.97. The Labute approximate surface area is 258 Å². The van der Waals surface area contributed by atoms with Crippen molar-refractivity contribution in [3.05, 3.63) is 133 Å². The molecule has 2 aromatic heterocycles. The normalized spacial score (nSPS) is 10.9. The molecular formula is C38H36IrN2-2. The molecule has 2 heterocycles. The molecule has 0 unspecified atom stereocenters. The van der Waals surface area contributed by atoms with Gasteiger partial charge in [0.05, 0.1) is 0 Å². The molecule has 0 saturated heterocycles. The number of benzene rings is 4. The van der Waals surface area contributed by atoms with Crippen molar-refractivity contribution in [1.82, 2.24) is 9.97 Å². The van der Waals surface area contributed by atoms with Gasteiger partial charge in [-0.1, -0.05) is 76.2 Å². The van der Waals surface area contributed by atoms with E-state index in [1.165, 1.54) is 32.7 Å². The fourth-order valence-corrected chi connectivity index (χ4v) is 5.19. The summed E-state index contributed by atoms with van der Waals surface area (Å²) in [7, 11) is 0. The summed E-state index contributed by atoms with van der Waals surface area (Å²) in [5, 5.41) is 5.01. The standard InChI is InChI=1S/C27H28N.C11H8N.Ir/c1-18(2)13-20-15-21(14-19(3)4)17-23(16-20)27-26-10-9-22-7-5-6-8-24(22)25(26)11-12-28-27;1-2-6-10(7-3-1)11-8-4-5-9-12-11;/h5-12,15-16,18-19H,13-14H2,1-4H3;1-6,8-9H;/q2*-1;. The summed E-state index contributed by atoms with van der Waals surface area (Å²) in [5.41, 5.74) is 6.85. The molecule has 0 spiro atoms. The minimum atomic E-state index is 0. The quantitative estimate of drug-likeness (QED) is 0.127. The maximum Gasteiger partial charge on any atom is 0.0167 e. The van der Waals surface area contributed by atoms with E-state index in [9.17, 15) is 0 Å². The van der Waals surface area contributed by atoms with Gasteiger partial charge in [-0.05, 0) is 69.7 Å². The number of hydrogen-bond donors (Lipinski definition) is 0. The van der Waals surface area contributed by atoms with E-state index in [4.69, 9.17) is 4.98 Å². The Morgan fingerprint density at radius 2 is 1.41 bits per heavy atom. The fraction of sp³-hybridized carbons (Fsp3) is 0.211. The summed E-state index contributed by atoms with van der Waals surface area (Å²) < 4.78 is 0. The van der Waals surface area contributed by atoms with Gasteiger partial charge in [0.15, 0.2) is 0 Å². The number of nitrogens with zero attached hydrogens (tertiary/aromatic N) is 2. The maximum absolute atomic E-state index is 4.79. The van der Waals surface area contributed by atoms with Crippen LogP contribution >= 0.6 is 0 Å². The van der Waals surface area contributed by atoms with E-state index < -0.39 is 0 Å². The average molecular weight is 713 g/mol. The minimum Gasteiger partial charge on any atom is -0.305 e. The third kappa shape index (κ3) is 7.76. The molecule has 0 aliphatic carbocycles. The Morgan fingerprint density at radius 1 is 0.634 bits per heavy atom. The molecule has 0 N–H and O–H groups in total. The third-order valence-electron chi connectivity index (χ3n) is 6.83. The summed E-state index contributed by atoms with van der Waals surface area (Å²) in [6, 6.07) is 40.3. The van der Waals surface area contributed by atoms with Crippen molar-refractivity contribution in [1.29, 1.82) is 0 Å². The van der Waals surface area contributed by atoms with Crippen molar-refractivity contribution >= 4 is 21.5 Å². The zero-order valence-corrected chi connectivity index (χ0v) is 26.6. The molecular weight excluding hydrogens is 677 g/mol. The molecule has 0 bridgehead atoms. The third-order valence-corrected chi connectivity index (χ3v) is 6.83. The smallest absolute Gasteiger partial charge is 0.0167 e. The first kappa shape index (κ1) is 30.3. The summed E-state index contributed by atoms with van der Waals surface area (Å²) in [6.07, 6.45) is 5.86. The van der Waals surface area contributed by atoms with E-state index in [0.717, 1.165) is 35.4 Å². The Bertz CT molecular complexity index is 1630. The van der Waals surface area contributed by atoms with Crippen molar-refractivity contribution in [2.45, 2.75) is 40.5 Å². The summed E-state index contributed by atoms with van der Waals surface area (Å²) >= 11 is 0. The van der Waals surface area contributed by atoms with Crippen LogP contribution < -0.4 is 0 Å². The molecule has 6 rings (SSSR count). The largest absolute Gasteiger partial charge is 0.305 e. The molecule has 1 radical (unpaired) electrons. The first-order valence-corrected chi connectivity index (χ1v) is 14.2. The SMILES string of the molecule is CC(C)Cc1[c-]c(-c2nccc3c2ccc2ccccc23)cc(CC(C)C)c1.[Ir].[c-]1ccccc1-c1ccccn1. The van der Waals surface area contributed by atoms with E-state index in [1.807, 2.05) is 48.7 Å². The van der Waals surface area contributed by atoms with Crippen LogP contribution in [0.4, 0.5) is 0 Å². The molecule has 0 aliphatic rings. The van der Waals surface area contributed by atoms with Crippen LogP contribution in [0.3, 0.4) is 0 Å². The van der Waals surface area contributed by atoms with Crippen molar-refractivity contribution in [2.24, 2.45) is 11.8 Å². The molecule has 0 atom stereocenters. The van der Waals surface area contributed by atoms with E-state index in [2.05, 4.69) is 99.4 Å². The molecule has 0 fully saturated rings. The molecule has 0 amide bonds. The number of pyridine rings is 2. The number of hydrogen-bond acceptors (Lipinski definition) is 2. The number of aromatic nitrogens is 2. The van der Waals surface area contributed by atoms with Gasteiger partial charge in [-0.2, -0.15) is 0 Å². The Balaban J connectivity index is 0.000000249. The molecule has 209 valence electrons. The molecule has 3 heteroatoms. The first-order chi connectivity index (χ1) is 19.5. The van der Waals surface area contributed by atoms with Crippen LogP contribution in [0.5, 0.6) is 0 Å². The van der Waals surface area contributed by atoms with E-state index in [1.54, 1.807) is 6.20 Å². The van der Waals surface area contributed by atoms with Gasteiger partial charge in [-0.3, -0.25) is 0 Å². The Hall–Kier alpha value is -3.65. The summed E-state index contributed by atoms with van der Waals surface area (Å²) in [4.78, 5) is 9.01. The van der Waals surface area contributed by atoms with Gasteiger partial charge in [-0.15, -0.1) is 70.8 Å². The Kier molecular flexibility index (Phi) is 10.6. The summed E-state index contributed by atoms with van der Waals surface area (Å²) in [6.45, 7) is 9.09. The van der Waals surface area contributed by atoms with Crippen molar-refractivity contribution in [3.8, 4) is 22.5 Å². The van der Waals surface area contributed by atoms with Gasteiger partial charge < -0.3 is 9.97 Å². The van der Waals surface area contributed by atoms with E-state index >= 15 is 0 Å². The first-order valence-electron chi connectivity index (χ1n) is 14.2. The van der Waals surface area contributed by atoms with Crippen LogP contribution in [0.15, 0.2) is 109 Å². The molecule has 0 saturated carbocycles. The van der Waals surface area contributed by atoms with Gasteiger partial charge in [-0.25, -0.2) is 0 Å². The molecule has 0 aliphatic heterocycles. The van der Waals surface area contributed by atoms with Crippen LogP contribution in [-0.4, -0.2) is 9.97 Å². The maximum atomic E-state index is 4.79. The van der Waals surface area contributed by atoms with Gasteiger partial charge in [0.1, 0.15) is 0 Å². The van der Waals surface area contributed by atoms with Crippen molar-refractivity contribution in [3.63, 3.8) is 0 Å². The van der Waals surface area contributed by atoms with Gasteiger partial charge >= 0.3 is 0 Å². The molecule has 41 heavy (non-hydrogen) atoms. The molecule has 2 nitrogen and oxygen atoms in total. The van der Waals surface area contributed by atoms with Crippen LogP contribution in [0.2, 0.25) is 0 Å². The second kappa shape index (κ2) is 14.3. The van der Waals surface area contributed by atoms with Crippen molar-refractivity contribution < 1.29 is 20.1 Å².